The summed E-state index contributed by atoms with van der Waals surface area (Å²) in [5.74, 6) is -0.792. The largest absolute Gasteiger partial charge is 0.481 e. The van der Waals surface area contributed by atoms with Crippen LogP contribution in [0.25, 0.3) is 0 Å². The number of carbonyl (C=O) groups is 2. The van der Waals surface area contributed by atoms with Gasteiger partial charge in [0.1, 0.15) is 0 Å². The predicted octanol–water partition coefficient (Wildman–Crippen LogP) is 1.87. The fourth-order valence-corrected chi connectivity index (χ4v) is 3.01. The van der Waals surface area contributed by atoms with Gasteiger partial charge in [-0.15, -0.1) is 0 Å². The van der Waals surface area contributed by atoms with Crippen LogP contribution >= 0.6 is 0 Å². The molecule has 4 N–H and O–H groups in total. The molecule has 0 heterocycles. The molecule has 2 fully saturated rings. The smallest absolute Gasteiger partial charge is 0.314 e. The first-order valence-electron chi connectivity index (χ1n) is 7.38. The van der Waals surface area contributed by atoms with Crippen LogP contribution in [0, 0.1) is 5.41 Å². The molecule has 2 aliphatic carbocycles. The summed E-state index contributed by atoms with van der Waals surface area (Å²) >= 11 is 0. The third kappa shape index (κ3) is 2.21. The van der Waals surface area contributed by atoms with E-state index in [-0.39, 0.29) is 5.91 Å². The van der Waals surface area contributed by atoms with Crippen LogP contribution in [0.2, 0.25) is 0 Å². The van der Waals surface area contributed by atoms with Crippen LogP contribution in [0.4, 0.5) is 5.69 Å². The molecule has 0 aromatic heterocycles. The van der Waals surface area contributed by atoms with Crippen LogP contribution in [0.3, 0.4) is 0 Å². The predicted molar refractivity (Wildman–Crippen MR) is 79.0 cm³/mol. The molecule has 1 aromatic carbocycles. The number of carboxylic acids is 1. The maximum atomic E-state index is 12.3. The quantitative estimate of drug-likeness (QED) is 0.771. The lowest BCUT2D eigenvalue weighted by Gasteiger charge is -2.39. The molecule has 112 valence electrons. The fraction of sp³-hybridized carbons (Fsp3) is 0.500. The highest BCUT2D eigenvalue weighted by molar-refractivity contribution is 5.96. The van der Waals surface area contributed by atoms with E-state index in [0.717, 1.165) is 24.8 Å². The van der Waals surface area contributed by atoms with E-state index < -0.39 is 16.8 Å². The lowest BCUT2D eigenvalue weighted by molar-refractivity contribution is -0.140. The summed E-state index contributed by atoms with van der Waals surface area (Å²) in [6.07, 6.45) is 4.10. The van der Waals surface area contributed by atoms with E-state index in [1.165, 1.54) is 0 Å². The average Bonchev–Trinajstić information content (AvgIpc) is 3.20. The van der Waals surface area contributed by atoms with Crippen molar-refractivity contribution in [1.82, 2.24) is 0 Å². The van der Waals surface area contributed by atoms with Crippen molar-refractivity contribution in [2.45, 2.75) is 37.5 Å². The third-order valence-corrected chi connectivity index (χ3v) is 5.04. The van der Waals surface area contributed by atoms with Gasteiger partial charge in [-0.1, -0.05) is 18.6 Å². The Kier molecular flexibility index (Phi) is 3.24. The number of amides is 1. The number of rotatable bonds is 5. The minimum Gasteiger partial charge on any atom is -0.481 e. The summed E-state index contributed by atoms with van der Waals surface area (Å²) in [6, 6.07) is 7.15. The van der Waals surface area contributed by atoms with Crippen LogP contribution in [0.15, 0.2) is 24.3 Å². The standard InChI is InChI=1S/C16H20N2O3/c17-10-15(6-1-7-15)13(19)18-12-4-2-11(3-5-12)16(8-9-16)14(20)21/h2-5H,1,6-10,17H2,(H,18,19)(H,20,21). The molecule has 21 heavy (non-hydrogen) atoms. The molecule has 2 aliphatic rings. The first-order chi connectivity index (χ1) is 10.0. The van der Waals surface area contributed by atoms with E-state index >= 15 is 0 Å². The molecule has 0 radical (unpaired) electrons. The van der Waals surface area contributed by atoms with Crippen LogP contribution in [0.1, 0.15) is 37.7 Å². The molecular formula is C16H20N2O3. The van der Waals surface area contributed by atoms with Crippen molar-refractivity contribution < 1.29 is 14.7 Å². The lowest BCUT2D eigenvalue weighted by Crippen LogP contribution is -2.47. The zero-order valence-corrected chi connectivity index (χ0v) is 11.9. The van der Waals surface area contributed by atoms with Crippen LogP contribution in [-0.4, -0.2) is 23.5 Å². The highest BCUT2D eigenvalue weighted by atomic mass is 16.4. The maximum absolute atomic E-state index is 12.3. The molecule has 0 saturated heterocycles. The molecule has 0 unspecified atom stereocenters. The van der Waals surface area contributed by atoms with Gasteiger partial charge >= 0.3 is 5.97 Å². The van der Waals surface area contributed by atoms with Gasteiger partial charge in [0.25, 0.3) is 0 Å². The molecule has 0 spiro atoms. The Bertz CT molecular complexity index is 566. The highest BCUT2D eigenvalue weighted by Gasteiger charge is 2.51. The number of anilines is 1. The molecule has 1 aromatic rings. The number of hydrogen-bond donors (Lipinski definition) is 3. The fourth-order valence-electron chi connectivity index (χ4n) is 3.01. The summed E-state index contributed by atoms with van der Waals surface area (Å²) in [5, 5.41) is 12.2. The Balaban J connectivity index is 1.71. The van der Waals surface area contributed by atoms with Gasteiger partial charge in [0, 0.05) is 12.2 Å². The minimum absolute atomic E-state index is 0.0247. The van der Waals surface area contributed by atoms with E-state index in [1.54, 1.807) is 24.3 Å². The van der Waals surface area contributed by atoms with E-state index in [9.17, 15) is 14.7 Å². The van der Waals surface area contributed by atoms with Crippen molar-refractivity contribution in [2.75, 3.05) is 11.9 Å². The van der Waals surface area contributed by atoms with E-state index in [2.05, 4.69) is 5.32 Å². The van der Waals surface area contributed by atoms with Crippen LogP contribution < -0.4 is 11.1 Å². The third-order valence-electron chi connectivity index (χ3n) is 5.04. The number of benzene rings is 1. The normalized spacial score (nSPS) is 21.2. The summed E-state index contributed by atoms with van der Waals surface area (Å²) in [6.45, 7) is 0.374. The molecular weight excluding hydrogens is 268 g/mol. The maximum Gasteiger partial charge on any atom is 0.314 e. The first-order valence-corrected chi connectivity index (χ1v) is 7.38. The summed E-state index contributed by atoms with van der Waals surface area (Å²) in [5.41, 5.74) is 6.12. The SMILES string of the molecule is NCC1(C(=O)Nc2ccc(C3(C(=O)O)CC3)cc2)CCC1. The van der Waals surface area contributed by atoms with Gasteiger partial charge in [0.15, 0.2) is 0 Å². The molecule has 5 nitrogen and oxygen atoms in total. The van der Waals surface area contributed by atoms with Gasteiger partial charge in [-0.2, -0.15) is 0 Å². The van der Waals surface area contributed by atoms with Crippen molar-refractivity contribution in [2.24, 2.45) is 11.1 Å². The average molecular weight is 288 g/mol. The van der Waals surface area contributed by atoms with Gasteiger partial charge in [-0.05, 0) is 43.4 Å². The Morgan fingerprint density at radius 3 is 2.14 bits per heavy atom. The summed E-state index contributed by atoms with van der Waals surface area (Å²) < 4.78 is 0. The van der Waals surface area contributed by atoms with Crippen molar-refractivity contribution in [3.63, 3.8) is 0 Å². The second-order valence-electron chi connectivity index (χ2n) is 6.26. The van der Waals surface area contributed by atoms with E-state index in [4.69, 9.17) is 5.73 Å². The lowest BCUT2D eigenvalue weighted by atomic mass is 9.68. The topological polar surface area (TPSA) is 92.4 Å². The zero-order chi connectivity index (χ0) is 15.1. The monoisotopic (exact) mass is 288 g/mol. The van der Waals surface area contributed by atoms with Crippen molar-refractivity contribution in [3.8, 4) is 0 Å². The second-order valence-corrected chi connectivity index (χ2v) is 6.26. The molecule has 0 bridgehead atoms. The van der Waals surface area contributed by atoms with E-state index in [1.807, 2.05) is 0 Å². The van der Waals surface area contributed by atoms with Gasteiger partial charge < -0.3 is 16.2 Å². The Hall–Kier alpha value is -1.88. The molecule has 3 rings (SSSR count). The summed E-state index contributed by atoms with van der Waals surface area (Å²) in [4.78, 5) is 23.5. The Morgan fingerprint density at radius 2 is 1.76 bits per heavy atom. The van der Waals surface area contributed by atoms with Gasteiger partial charge in [0.05, 0.1) is 10.8 Å². The number of carboxylic acid groups (broad SMARTS) is 1. The highest BCUT2D eigenvalue weighted by Crippen LogP contribution is 2.48. The minimum atomic E-state index is -0.768. The number of nitrogens with one attached hydrogen (secondary N) is 1. The van der Waals surface area contributed by atoms with Crippen LogP contribution in [-0.2, 0) is 15.0 Å². The number of aliphatic carboxylic acids is 1. The molecule has 1 amide bonds. The second kappa shape index (κ2) is 4.84. The first kappa shape index (κ1) is 14.1. The Morgan fingerprint density at radius 1 is 1.14 bits per heavy atom. The van der Waals surface area contributed by atoms with Crippen molar-refractivity contribution >= 4 is 17.6 Å². The molecule has 0 atom stereocenters. The number of hydrogen-bond acceptors (Lipinski definition) is 3. The van der Waals surface area contributed by atoms with Gasteiger partial charge in [-0.3, -0.25) is 9.59 Å². The molecule has 0 aliphatic heterocycles. The zero-order valence-electron chi connectivity index (χ0n) is 11.9. The number of nitrogens with two attached hydrogens (primary N) is 1. The van der Waals surface area contributed by atoms with Gasteiger partial charge in [0.2, 0.25) is 5.91 Å². The van der Waals surface area contributed by atoms with Crippen molar-refractivity contribution in [3.05, 3.63) is 29.8 Å². The molecule has 5 heteroatoms. The van der Waals surface area contributed by atoms with Gasteiger partial charge in [-0.25, -0.2) is 0 Å². The van der Waals surface area contributed by atoms with Crippen molar-refractivity contribution in [1.29, 1.82) is 0 Å². The van der Waals surface area contributed by atoms with Crippen LogP contribution in [0.5, 0.6) is 0 Å². The van der Waals surface area contributed by atoms with E-state index in [0.29, 0.717) is 25.1 Å². The summed E-state index contributed by atoms with van der Waals surface area (Å²) in [7, 11) is 0. The molecule has 2 saturated carbocycles. The Labute approximate surface area is 123 Å². The number of carbonyl (C=O) groups excluding carboxylic acids is 1.